The van der Waals surface area contributed by atoms with Crippen LogP contribution in [0.3, 0.4) is 0 Å². The molecule has 0 amide bonds. The van der Waals surface area contributed by atoms with Crippen molar-refractivity contribution in [3.05, 3.63) is 48.8 Å². The summed E-state index contributed by atoms with van der Waals surface area (Å²) in [4.78, 5) is 16.2. The Morgan fingerprint density at radius 1 is 1.10 bits per heavy atom. The van der Waals surface area contributed by atoms with Crippen LogP contribution in [-0.2, 0) is 11.3 Å². The monoisotopic (exact) mass is 532 g/mol. The van der Waals surface area contributed by atoms with Gasteiger partial charge in [0.2, 0.25) is 5.88 Å². The van der Waals surface area contributed by atoms with Crippen molar-refractivity contribution in [1.82, 2.24) is 29.3 Å². The van der Waals surface area contributed by atoms with E-state index in [1.54, 1.807) is 17.1 Å². The van der Waals surface area contributed by atoms with Crippen LogP contribution in [0.5, 0.6) is 11.6 Å². The van der Waals surface area contributed by atoms with E-state index in [-0.39, 0.29) is 12.1 Å². The predicted octanol–water partition coefficient (Wildman–Crippen LogP) is 4.16. The van der Waals surface area contributed by atoms with Gasteiger partial charge in [0.1, 0.15) is 30.1 Å². The van der Waals surface area contributed by atoms with Crippen LogP contribution in [0.25, 0.3) is 10.9 Å². The number of pyridine rings is 2. The highest BCUT2D eigenvalue weighted by Crippen LogP contribution is 2.35. The second-order valence-electron chi connectivity index (χ2n) is 10.6. The minimum Gasteiger partial charge on any atom is -0.487 e. The van der Waals surface area contributed by atoms with E-state index >= 15 is 0 Å². The van der Waals surface area contributed by atoms with Gasteiger partial charge in [-0.3, -0.25) is 4.98 Å². The molecule has 11 nitrogen and oxygen atoms in total. The molecular weight excluding hydrogens is 496 g/mol. The van der Waals surface area contributed by atoms with Gasteiger partial charge in [0.15, 0.2) is 0 Å². The number of nitrogens with zero attached hydrogens (tertiary/aromatic N) is 7. The Labute approximate surface area is 227 Å². The highest BCUT2D eigenvalue weighted by Gasteiger charge is 2.25. The number of anilines is 2. The third-order valence-corrected chi connectivity index (χ3v) is 7.61. The molecular formula is C28H36N8O3. The molecule has 39 heavy (non-hydrogen) atoms. The SMILES string of the molecule is CC(C)n1ncc(COc2cnc3cc(N4CCOCC4)nc(O[C@H]4CC[C@@H](n5ccnc5)CC4)c3c2)c1N. The maximum Gasteiger partial charge on any atom is 0.225 e. The van der Waals surface area contributed by atoms with Crippen LogP contribution in [0.15, 0.2) is 43.2 Å². The van der Waals surface area contributed by atoms with Gasteiger partial charge in [0, 0.05) is 43.6 Å². The number of rotatable bonds is 8. The maximum atomic E-state index is 6.61. The largest absolute Gasteiger partial charge is 0.487 e. The van der Waals surface area contributed by atoms with Crippen molar-refractivity contribution in [2.24, 2.45) is 0 Å². The smallest absolute Gasteiger partial charge is 0.225 e. The first-order valence-electron chi connectivity index (χ1n) is 13.8. The molecule has 0 radical (unpaired) electrons. The molecule has 1 aliphatic heterocycles. The molecule has 0 spiro atoms. The number of aromatic nitrogens is 6. The lowest BCUT2D eigenvalue weighted by Gasteiger charge is -2.31. The van der Waals surface area contributed by atoms with Crippen LogP contribution >= 0.6 is 0 Å². The fraction of sp³-hybridized carbons (Fsp3) is 0.500. The molecule has 0 aromatic carbocycles. The lowest BCUT2D eigenvalue weighted by molar-refractivity contribution is 0.121. The van der Waals surface area contributed by atoms with Gasteiger partial charge in [-0.25, -0.2) is 9.67 Å². The van der Waals surface area contributed by atoms with Gasteiger partial charge in [0.25, 0.3) is 0 Å². The normalized spacial score (nSPS) is 20.0. The van der Waals surface area contributed by atoms with Crippen molar-refractivity contribution in [1.29, 1.82) is 0 Å². The van der Waals surface area contributed by atoms with Gasteiger partial charge in [-0.2, -0.15) is 10.1 Å². The molecule has 4 aromatic heterocycles. The first-order chi connectivity index (χ1) is 19.0. The average Bonchev–Trinajstić information content (AvgIpc) is 3.63. The van der Waals surface area contributed by atoms with Gasteiger partial charge in [0.05, 0.1) is 48.4 Å². The summed E-state index contributed by atoms with van der Waals surface area (Å²) < 4.78 is 22.3. The number of imidazole rings is 1. The molecule has 2 aliphatic rings. The summed E-state index contributed by atoms with van der Waals surface area (Å²) >= 11 is 0. The minimum absolute atomic E-state index is 0.0895. The summed E-state index contributed by atoms with van der Waals surface area (Å²) in [6, 6.07) is 4.64. The van der Waals surface area contributed by atoms with E-state index in [1.165, 1.54) is 0 Å². The van der Waals surface area contributed by atoms with Crippen molar-refractivity contribution in [3.63, 3.8) is 0 Å². The van der Waals surface area contributed by atoms with Crippen LogP contribution in [0, 0.1) is 0 Å². The minimum atomic E-state index is 0.0895. The Bertz CT molecular complexity index is 1390. The summed E-state index contributed by atoms with van der Waals surface area (Å²) in [5.74, 6) is 2.72. The van der Waals surface area contributed by atoms with Gasteiger partial charge in [-0.05, 0) is 45.6 Å². The molecule has 0 atom stereocenters. The molecule has 0 bridgehead atoms. The fourth-order valence-corrected chi connectivity index (χ4v) is 5.38. The van der Waals surface area contributed by atoms with E-state index in [1.807, 2.05) is 44.7 Å². The van der Waals surface area contributed by atoms with Gasteiger partial charge >= 0.3 is 0 Å². The molecule has 206 valence electrons. The Morgan fingerprint density at radius 2 is 1.92 bits per heavy atom. The lowest BCUT2D eigenvalue weighted by Crippen LogP contribution is -2.36. The third kappa shape index (κ3) is 5.49. The molecule has 4 aromatic rings. The van der Waals surface area contributed by atoms with Crippen LogP contribution in [0.1, 0.15) is 57.2 Å². The van der Waals surface area contributed by atoms with Crippen LogP contribution in [-0.4, -0.2) is 61.7 Å². The Hall–Kier alpha value is -3.86. The zero-order valence-electron chi connectivity index (χ0n) is 22.6. The molecule has 2 fully saturated rings. The number of hydrogen-bond acceptors (Lipinski definition) is 9. The number of nitrogens with two attached hydrogens (primary N) is 1. The van der Waals surface area contributed by atoms with E-state index < -0.39 is 0 Å². The average molecular weight is 533 g/mol. The number of hydrogen-bond donors (Lipinski definition) is 1. The topological polar surface area (TPSA) is 118 Å². The molecule has 1 saturated heterocycles. The molecule has 1 saturated carbocycles. The summed E-state index contributed by atoms with van der Waals surface area (Å²) in [5, 5.41) is 5.22. The van der Waals surface area contributed by atoms with Gasteiger partial charge in [-0.15, -0.1) is 0 Å². The second kappa shape index (κ2) is 11.1. The third-order valence-electron chi connectivity index (χ3n) is 7.61. The fourth-order valence-electron chi connectivity index (χ4n) is 5.38. The molecule has 0 unspecified atom stereocenters. The lowest BCUT2D eigenvalue weighted by atomic mass is 9.93. The number of ether oxygens (including phenoxy) is 3. The van der Waals surface area contributed by atoms with E-state index in [0.29, 0.717) is 43.3 Å². The van der Waals surface area contributed by atoms with Crippen molar-refractivity contribution < 1.29 is 14.2 Å². The van der Waals surface area contributed by atoms with Gasteiger partial charge < -0.3 is 29.4 Å². The van der Waals surface area contributed by atoms with Crippen LogP contribution in [0.4, 0.5) is 11.6 Å². The van der Waals surface area contributed by atoms with Crippen molar-refractivity contribution in [2.45, 2.75) is 64.3 Å². The van der Waals surface area contributed by atoms with E-state index in [9.17, 15) is 0 Å². The summed E-state index contributed by atoms with van der Waals surface area (Å²) in [5.41, 5.74) is 7.94. The first-order valence-corrected chi connectivity index (χ1v) is 13.8. The zero-order valence-corrected chi connectivity index (χ0v) is 22.6. The molecule has 6 rings (SSSR count). The molecule has 1 aliphatic carbocycles. The number of fused-ring (bicyclic) bond motifs is 1. The summed E-state index contributed by atoms with van der Waals surface area (Å²) in [7, 11) is 0. The summed E-state index contributed by atoms with van der Waals surface area (Å²) in [6.45, 7) is 7.35. The van der Waals surface area contributed by atoms with E-state index in [2.05, 4.69) is 19.5 Å². The van der Waals surface area contributed by atoms with E-state index in [0.717, 1.165) is 61.1 Å². The highest BCUT2D eigenvalue weighted by molar-refractivity contribution is 5.87. The van der Waals surface area contributed by atoms with Crippen molar-refractivity contribution >= 4 is 22.5 Å². The second-order valence-corrected chi connectivity index (χ2v) is 10.6. The predicted molar refractivity (Wildman–Crippen MR) is 148 cm³/mol. The Kier molecular flexibility index (Phi) is 7.23. The maximum absolute atomic E-state index is 6.61. The molecule has 11 heteroatoms. The number of nitrogen functional groups attached to an aromatic ring is 1. The molecule has 5 heterocycles. The first kappa shape index (κ1) is 25.4. The quantitative estimate of drug-likeness (QED) is 0.357. The highest BCUT2D eigenvalue weighted by atomic mass is 16.5. The number of morpholine rings is 1. The van der Waals surface area contributed by atoms with E-state index in [4.69, 9.17) is 29.9 Å². The van der Waals surface area contributed by atoms with Crippen molar-refractivity contribution in [2.75, 3.05) is 36.9 Å². The van der Waals surface area contributed by atoms with Crippen LogP contribution in [0.2, 0.25) is 0 Å². The van der Waals surface area contributed by atoms with Gasteiger partial charge in [-0.1, -0.05) is 0 Å². The van der Waals surface area contributed by atoms with Crippen molar-refractivity contribution in [3.8, 4) is 11.6 Å². The standard InChI is InChI=1S/C28H36N8O3/c1-19(2)36-27(29)20(15-32-36)17-38-23-13-24-25(31-16-23)14-26(34-9-11-37-12-10-34)33-28(24)39-22-5-3-21(4-6-22)35-8-7-30-18-35/h7-8,13-16,18-19,21-22H,3-6,9-12,17,29H2,1-2H3/t21-,22+. The zero-order chi connectivity index (χ0) is 26.8. The molecule has 2 N–H and O–H groups in total. The Morgan fingerprint density at radius 3 is 2.64 bits per heavy atom. The summed E-state index contributed by atoms with van der Waals surface area (Å²) in [6.07, 6.45) is 13.4. The Balaban J connectivity index is 1.24. The van der Waals surface area contributed by atoms with Crippen LogP contribution < -0.4 is 20.1 Å².